The highest BCUT2D eigenvalue weighted by Gasteiger charge is 2.33. The maximum Gasteiger partial charge on any atom is 0.401 e. The van der Waals surface area contributed by atoms with Crippen molar-refractivity contribution in [3.05, 3.63) is 0 Å². The van der Waals surface area contributed by atoms with Gasteiger partial charge in [0.05, 0.1) is 26.3 Å². The summed E-state index contributed by atoms with van der Waals surface area (Å²) < 4.78 is 42.5. The third kappa shape index (κ3) is 8.60. The fraction of sp³-hybridized carbons (Fsp3) is 0.941. The Morgan fingerprint density at radius 3 is 2.38 bits per heavy atom. The van der Waals surface area contributed by atoms with Gasteiger partial charge in [-0.3, -0.25) is 9.89 Å². The zero-order valence-electron chi connectivity index (χ0n) is 15.7. The molecule has 2 aliphatic rings. The molecule has 0 saturated carbocycles. The number of hydrogen-bond donors (Lipinski definition) is 2. The number of nitrogens with one attached hydrogen (secondary N) is 2. The molecule has 0 aliphatic carbocycles. The summed E-state index contributed by atoms with van der Waals surface area (Å²) in [5, 5.41) is 6.58. The summed E-state index contributed by atoms with van der Waals surface area (Å²) in [6, 6.07) is 0. The van der Waals surface area contributed by atoms with Crippen LogP contribution in [-0.4, -0.2) is 69.5 Å². The molecule has 9 heteroatoms. The lowest BCUT2D eigenvalue weighted by atomic mass is 9.89. The first-order chi connectivity index (χ1) is 11.8. The van der Waals surface area contributed by atoms with Crippen LogP contribution < -0.4 is 10.6 Å². The lowest BCUT2D eigenvalue weighted by Crippen LogP contribution is -2.45. The molecule has 0 amide bonds. The minimum atomic E-state index is -4.09. The van der Waals surface area contributed by atoms with Gasteiger partial charge in [-0.05, 0) is 45.2 Å². The van der Waals surface area contributed by atoms with Gasteiger partial charge in [0.25, 0.3) is 0 Å². The maximum absolute atomic E-state index is 12.4. The predicted octanol–water partition coefficient (Wildman–Crippen LogP) is 2.86. The Morgan fingerprint density at radius 1 is 1.23 bits per heavy atom. The van der Waals surface area contributed by atoms with Gasteiger partial charge in [0.2, 0.25) is 0 Å². The van der Waals surface area contributed by atoms with Gasteiger partial charge in [-0.15, -0.1) is 24.0 Å². The highest BCUT2D eigenvalue weighted by Crippen LogP contribution is 2.26. The number of nitrogens with zero attached hydrogens (tertiary/aromatic N) is 2. The molecular formula is C17H32F3IN4O. The second-order valence-electron chi connectivity index (χ2n) is 7.55. The van der Waals surface area contributed by atoms with Crippen LogP contribution in [0.15, 0.2) is 4.99 Å². The number of hydrogen-bond acceptors (Lipinski definition) is 3. The van der Waals surface area contributed by atoms with E-state index < -0.39 is 12.7 Å². The van der Waals surface area contributed by atoms with E-state index in [-0.39, 0.29) is 29.4 Å². The number of piperidine rings is 1. The van der Waals surface area contributed by atoms with Crippen LogP contribution in [0.25, 0.3) is 0 Å². The maximum atomic E-state index is 12.4. The molecule has 2 rings (SSSR count). The van der Waals surface area contributed by atoms with Gasteiger partial charge in [-0.1, -0.05) is 6.92 Å². The first-order valence-electron chi connectivity index (χ1n) is 9.19. The Labute approximate surface area is 171 Å². The summed E-state index contributed by atoms with van der Waals surface area (Å²) in [6.07, 6.45) is -1.46. The summed E-state index contributed by atoms with van der Waals surface area (Å²) in [5.41, 5.74) is 0.146. The van der Waals surface area contributed by atoms with E-state index in [2.05, 4.69) is 22.5 Å². The molecular weight excluding hydrogens is 460 g/mol. The van der Waals surface area contributed by atoms with Crippen LogP contribution in [0.3, 0.4) is 0 Å². The van der Waals surface area contributed by atoms with E-state index in [1.807, 2.05) is 6.92 Å². The second-order valence-corrected chi connectivity index (χ2v) is 7.55. The van der Waals surface area contributed by atoms with Crippen molar-refractivity contribution in [3.8, 4) is 0 Å². The van der Waals surface area contributed by atoms with Gasteiger partial charge in [0, 0.05) is 18.5 Å². The van der Waals surface area contributed by atoms with Crippen molar-refractivity contribution in [3.63, 3.8) is 0 Å². The van der Waals surface area contributed by atoms with Gasteiger partial charge in [-0.25, -0.2) is 0 Å². The Kier molecular flexibility index (Phi) is 9.95. The van der Waals surface area contributed by atoms with Crippen LogP contribution in [0.5, 0.6) is 0 Å². The molecule has 5 nitrogen and oxygen atoms in total. The van der Waals surface area contributed by atoms with E-state index in [1.54, 1.807) is 0 Å². The van der Waals surface area contributed by atoms with Crippen LogP contribution in [0.4, 0.5) is 13.2 Å². The molecule has 0 radical (unpaired) electrons. The zero-order valence-corrected chi connectivity index (χ0v) is 18.0. The molecule has 2 heterocycles. The number of aliphatic imine (C=N–C) groups is 1. The number of alkyl halides is 3. The Bertz CT molecular complexity index is 436. The van der Waals surface area contributed by atoms with Gasteiger partial charge in [0.15, 0.2) is 5.96 Å². The Hall–Kier alpha value is -0.290. The van der Waals surface area contributed by atoms with Crippen LogP contribution in [0.1, 0.15) is 33.1 Å². The minimum Gasteiger partial charge on any atom is -0.380 e. The van der Waals surface area contributed by atoms with E-state index in [9.17, 15) is 13.2 Å². The molecule has 0 spiro atoms. The molecule has 2 fully saturated rings. The topological polar surface area (TPSA) is 48.9 Å². The minimum absolute atomic E-state index is 0. The van der Waals surface area contributed by atoms with Crippen molar-refractivity contribution in [1.29, 1.82) is 0 Å². The van der Waals surface area contributed by atoms with E-state index >= 15 is 0 Å². The standard InChI is InChI=1S/C17H31F3N4O.HI/c1-3-21-15(23-10-16(2)12-25-13-16)22-7-4-14-5-8-24(9-6-14)11-17(18,19)20;/h14H,3-13H2,1-2H3,(H2,21,22,23);1H. The van der Waals surface area contributed by atoms with Crippen molar-refractivity contribution in [1.82, 2.24) is 15.5 Å². The normalized spacial score (nSPS) is 21.7. The van der Waals surface area contributed by atoms with E-state index in [4.69, 9.17) is 4.74 Å². The molecule has 0 aromatic carbocycles. The van der Waals surface area contributed by atoms with Crippen molar-refractivity contribution in [2.24, 2.45) is 16.3 Å². The largest absolute Gasteiger partial charge is 0.401 e. The Morgan fingerprint density at radius 2 is 1.88 bits per heavy atom. The fourth-order valence-corrected chi connectivity index (χ4v) is 3.23. The van der Waals surface area contributed by atoms with Crippen LogP contribution in [0, 0.1) is 11.3 Å². The first-order valence-corrected chi connectivity index (χ1v) is 9.19. The number of likely N-dealkylation sites (tertiary alicyclic amines) is 1. The third-order valence-corrected chi connectivity index (χ3v) is 4.82. The number of guanidine groups is 1. The zero-order chi connectivity index (χ0) is 18.3. The molecule has 2 N–H and O–H groups in total. The first kappa shape index (κ1) is 23.7. The van der Waals surface area contributed by atoms with Crippen LogP contribution >= 0.6 is 24.0 Å². The lowest BCUT2D eigenvalue weighted by molar-refractivity contribution is -0.148. The molecule has 0 aromatic rings. The monoisotopic (exact) mass is 492 g/mol. The van der Waals surface area contributed by atoms with Crippen molar-refractivity contribution >= 4 is 29.9 Å². The number of rotatable bonds is 7. The summed E-state index contributed by atoms with van der Waals surface area (Å²) in [4.78, 5) is 6.13. The van der Waals surface area contributed by atoms with Gasteiger partial charge in [0.1, 0.15) is 0 Å². The quantitative estimate of drug-likeness (QED) is 0.326. The van der Waals surface area contributed by atoms with Gasteiger partial charge < -0.3 is 15.4 Å². The predicted molar refractivity (Wildman–Crippen MR) is 108 cm³/mol. The van der Waals surface area contributed by atoms with Gasteiger partial charge >= 0.3 is 6.18 Å². The molecule has 154 valence electrons. The SMILES string of the molecule is CCNC(=NCC1(C)COC1)NCCC1CCN(CC(F)(F)F)CC1.I. The average molecular weight is 492 g/mol. The second kappa shape index (κ2) is 10.9. The summed E-state index contributed by atoms with van der Waals surface area (Å²) >= 11 is 0. The van der Waals surface area contributed by atoms with Crippen molar-refractivity contribution in [2.45, 2.75) is 39.3 Å². The highest BCUT2D eigenvalue weighted by molar-refractivity contribution is 14.0. The number of ether oxygens (including phenoxy) is 1. The average Bonchev–Trinajstić information content (AvgIpc) is 2.51. The third-order valence-electron chi connectivity index (χ3n) is 4.82. The number of halogens is 4. The van der Waals surface area contributed by atoms with Crippen molar-refractivity contribution in [2.75, 3.05) is 52.5 Å². The van der Waals surface area contributed by atoms with E-state index in [0.717, 1.165) is 58.1 Å². The molecule has 2 aliphatic heterocycles. The lowest BCUT2D eigenvalue weighted by Gasteiger charge is -2.36. The summed E-state index contributed by atoms with van der Waals surface area (Å²) in [6.45, 7) is 8.33. The molecule has 0 atom stereocenters. The van der Waals surface area contributed by atoms with E-state index in [0.29, 0.717) is 19.0 Å². The fourth-order valence-electron chi connectivity index (χ4n) is 3.23. The molecule has 2 saturated heterocycles. The smallest absolute Gasteiger partial charge is 0.380 e. The molecule has 0 aromatic heterocycles. The molecule has 0 bridgehead atoms. The molecule has 0 unspecified atom stereocenters. The van der Waals surface area contributed by atoms with Gasteiger partial charge in [-0.2, -0.15) is 13.2 Å². The summed E-state index contributed by atoms with van der Waals surface area (Å²) in [7, 11) is 0. The summed E-state index contributed by atoms with van der Waals surface area (Å²) in [5.74, 6) is 1.29. The van der Waals surface area contributed by atoms with E-state index in [1.165, 1.54) is 4.90 Å². The highest BCUT2D eigenvalue weighted by atomic mass is 127. The molecule has 26 heavy (non-hydrogen) atoms. The van der Waals surface area contributed by atoms with Crippen LogP contribution in [-0.2, 0) is 4.74 Å². The Balaban J connectivity index is 0.00000338. The van der Waals surface area contributed by atoms with Crippen molar-refractivity contribution < 1.29 is 17.9 Å². The van der Waals surface area contributed by atoms with Crippen LogP contribution in [0.2, 0.25) is 0 Å².